The van der Waals surface area contributed by atoms with Crippen molar-refractivity contribution in [2.75, 3.05) is 25.6 Å². The number of hydrogen-bond acceptors (Lipinski definition) is 3. The molecular formula is C17H21NO2. The van der Waals surface area contributed by atoms with E-state index in [1.54, 1.807) is 0 Å². The molecule has 0 radical (unpaired) electrons. The Bertz CT molecular complexity index is 549. The molecule has 0 saturated heterocycles. The molecule has 1 unspecified atom stereocenters. The molecule has 0 aliphatic heterocycles. The molecule has 0 heterocycles. The van der Waals surface area contributed by atoms with E-state index in [1.807, 2.05) is 74.4 Å². The first kappa shape index (κ1) is 14.4. The summed E-state index contributed by atoms with van der Waals surface area (Å²) >= 11 is 0. The van der Waals surface area contributed by atoms with Crippen LogP contribution in [-0.4, -0.2) is 25.8 Å². The maximum Gasteiger partial charge on any atom is 0.119 e. The van der Waals surface area contributed by atoms with Crippen molar-refractivity contribution in [3.8, 4) is 5.75 Å². The highest BCUT2D eigenvalue weighted by Crippen LogP contribution is 2.26. The number of hydrogen-bond donors (Lipinski definition) is 1. The van der Waals surface area contributed by atoms with E-state index >= 15 is 0 Å². The van der Waals surface area contributed by atoms with E-state index < -0.39 is 6.10 Å². The molecule has 0 saturated carbocycles. The van der Waals surface area contributed by atoms with Gasteiger partial charge in [-0.1, -0.05) is 24.3 Å². The Balaban J connectivity index is 2.21. The Morgan fingerprint density at radius 1 is 1.05 bits per heavy atom. The van der Waals surface area contributed by atoms with Gasteiger partial charge in [0.15, 0.2) is 0 Å². The number of anilines is 1. The van der Waals surface area contributed by atoms with Gasteiger partial charge in [-0.05, 0) is 42.3 Å². The van der Waals surface area contributed by atoms with Gasteiger partial charge in [0.05, 0.1) is 6.61 Å². The summed E-state index contributed by atoms with van der Waals surface area (Å²) in [6, 6.07) is 15.5. The topological polar surface area (TPSA) is 32.7 Å². The lowest BCUT2D eigenvalue weighted by Gasteiger charge is -2.16. The van der Waals surface area contributed by atoms with Gasteiger partial charge in [0.2, 0.25) is 0 Å². The highest BCUT2D eigenvalue weighted by Gasteiger charge is 2.11. The molecule has 0 fully saturated rings. The van der Waals surface area contributed by atoms with Crippen molar-refractivity contribution in [3.63, 3.8) is 0 Å². The molecule has 3 heteroatoms. The Morgan fingerprint density at radius 2 is 1.75 bits per heavy atom. The largest absolute Gasteiger partial charge is 0.494 e. The summed E-state index contributed by atoms with van der Waals surface area (Å²) in [5.74, 6) is 0.786. The minimum absolute atomic E-state index is 0.622. The molecule has 3 nitrogen and oxygen atoms in total. The summed E-state index contributed by atoms with van der Waals surface area (Å²) < 4.78 is 5.47. The Labute approximate surface area is 120 Å². The van der Waals surface area contributed by atoms with Crippen LogP contribution in [0.3, 0.4) is 0 Å². The quantitative estimate of drug-likeness (QED) is 0.906. The first-order valence-corrected chi connectivity index (χ1v) is 6.80. The molecule has 2 aromatic rings. The van der Waals surface area contributed by atoms with Crippen LogP contribution >= 0.6 is 0 Å². The fourth-order valence-corrected chi connectivity index (χ4v) is 2.09. The third-order valence-electron chi connectivity index (χ3n) is 3.21. The highest BCUT2D eigenvalue weighted by molar-refractivity contribution is 5.47. The molecule has 0 aliphatic carbocycles. The summed E-state index contributed by atoms with van der Waals surface area (Å²) in [6.07, 6.45) is -0.633. The summed E-state index contributed by atoms with van der Waals surface area (Å²) in [4.78, 5) is 2.03. The van der Waals surface area contributed by atoms with Crippen molar-refractivity contribution in [2.24, 2.45) is 0 Å². The highest BCUT2D eigenvalue weighted by atomic mass is 16.5. The minimum Gasteiger partial charge on any atom is -0.494 e. The molecule has 1 atom stereocenters. The van der Waals surface area contributed by atoms with E-state index in [1.165, 1.54) is 0 Å². The van der Waals surface area contributed by atoms with Gasteiger partial charge in [-0.2, -0.15) is 0 Å². The van der Waals surface area contributed by atoms with Gasteiger partial charge in [0, 0.05) is 19.8 Å². The van der Waals surface area contributed by atoms with Crippen molar-refractivity contribution in [1.29, 1.82) is 0 Å². The van der Waals surface area contributed by atoms with Gasteiger partial charge in [-0.3, -0.25) is 0 Å². The molecule has 0 bridgehead atoms. The van der Waals surface area contributed by atoms with Crippen LogP contribution in [0.25, 0.3) is 0 Å². The van der Waals surface area contributed by atoms with Gasteiger partial charge in [0.1, 0.15) is 11.9 Å². The van der Waals surface area contributed by atoms with Crippen molar-refractivity contribution < 1.29 is 9.84 Å². The molecule has 1 N–H and O–H groups in total. The van der Waals surface area contributed by atoms with Gasteiger partial charge in [-0.15, -0.1) is 0 Å². The first-order valence-electron chi connectivity index (χ1n) is 6.80. The van der Waals surface area contributed by atoms with Crippen LogP contribution in [0.4, 0.5) is 5.69 Å². The second-order valence-corrected chi connectivity index (χ2v) is 4.89. The molecule has 0 amide bonds. The number of rotatable bonds is 5. The number of nitrogens with zero attached hydrogens (tertiary/aromatic N) is 1. The molecular weight excluding hydrogens is 250 g/mol. The molecule has 0 spiro atoms. The van der Waals surface area contributed by atoms with E-state index in [0.717, 1.165) is 22.6 Å². The minimum atomic E-state index is -0.633. The van der Waals surface area contributed by atoms with Crippen LogP contribution in [0.1, 0.15) is 24.2 Å². The van der Waals surface area contributed by atoms with Gasteiger partial charge in [0.25, 0.3) is 0 Å². The fourth-order valence-electron chi connectivity index (χ4n) is 2.09. The van der Waals surface area contributed by atoms with Crippen LogP contribution < -0.4 is 9.64 Å². The van der Waals surface area contributed by atoms with Crippen molar-refractivity contribution >= 4 is 5.69 Å². The Morgan fingerprint density at radius 3 is 2.35 bits per heavy atom. The van der Waals surface area contributed by atoms with Crippen LogP contribution in [0.2, 0.25) is 0 Å². The lowest BCUT2D eigenvalue weighted by atomic mass is 10.0. The standard InChI is InChI=1S/C17H21NO2/c1-4-20-16-7-5-6-14(12-16)17(19)13-8-10-15(11-9-13)18(2)3/h5-12,17,19H,4H2,1-3H3. The first-order chi connectivity index (χ1) is 9.61. The Hall–Kier alpha value is -2.00. The number of ether oxygens (including phenoxy) is 1. The Kier molecular flexibility index (Phi) is 4.64. The molecule has 2 aromatic carbocycles. The number of aliphatic hydroxyl groups is 1. The SMILES string of the molecule is CCOc1cccc(C(O)c2ccc(N(C)C)cc2)c1. The predicted molar refractivity (Wildman–Crippen MR) is 82.4 cm³/mol. The number of aliphatic hydroxyl groups excluding tert-OH is 1. The van der Waals surface area contributed by atoms with E-state index in [4.69, 9.17) is 4.74 Å². The average Bonchev–Trinajstić information content (AvgIpc) is 2.47. The molecule has 0 aliphatic rings. The summed E-state index contributed by atoms with van der Waals surface area (Å²) in [5, 5.41) is 10.4. The van der Waals surface area contributed by atoms with Gasteiger partial charge >= 0.3 is 0 Å². The van der Waals surface area contributed by atoms with Crippen LogP contribution in [-0.2, 0) is 0 Å². The van der Waals surface area contributed by atoms with Gasteiger partial charge in [-0.25, -0.2) is 0 Å². The van der Waals surface area contributed by atoms with Crippen LogP contribution in [0.15, 0.2) is 48.5 Å². The van der Waals surface area contributed by atoms with Crippen molar-refractivity contribution in [2.45, 2.75) is 13.0 Å². The maximum absolute atomic E-state index is 10.4. The maximum atomic E-state index is 10.4. The smallest absolute Gasteiger partial charge is 0.119 e. The predicted octanol–water partition coefficient (Wildman–Crippen LogP) is 3.23. The lowest BCUT2D eigenvalue weighted by Crippen LogP contribution is -2.08. The lowest BCUT2D eigenvalue weighted by molar-refractivity contribution is 0.219. The monoisotopic (exact) mass is 271 g/mol. The molecule has 106 valence electrons. The van der Waals surface area contributed by atoms with Crippen LogP contribution in [0, 0.1) is 0 Å². The van der Waals surface area contributed by atoms with Crippen molar-refractivity contribution in [1.82, 2.24) is 0 Å². The third-order valence-corrected chi connectivity index (χ3v) is 3.21. The second kappa shape index (κ2) is 6.44. The van der Waals surface area contributed by atoms with Crippen molar-refractivity contribution in [3.05, 3.63) is 59.7 Å². The molecule has 20 heavy (non-hydrogen) atoms. The zero-order valence-corrected chi connectivity index (χ0v) is 12.2. The van der Waals surface area contributed by atoms with E-state index in [0.29, 0.717) is 6.61 Å². The third kappa shape index (κ3) is 3.31. The summed E-state index contributed by atoms with van der Waals surface area (Å²) in [7, 11) is 3.99. The van der Waals surface area contributed by atoms with Crippen LogP contribution in [0.5, 0.6) is 5.75 Å². The van der Waals surface area contributed by atoms with E-state index in [9.17, 15) is 5.11 Å². The average molecular weight is 271 g/mol. The second-order valence-electron chi connectivity index (χ2n) is 4.89. The normalized spacial score (nSPS) is 12.0. The number of benzene rings is 2. The summed E-state index contributed by atoms with van der Waals surface area (Å²) in [6.45, 7) is 2.57. The molecule has 0 aromatic heterocycles. The zero-order valence-electron chi connectivity index (χ0n) is 12.2. The summed E-state index contributed by atoms with van der Waals surface area (Å²) in [5.41, 5.74) is 2.84. The zero-order chi connectivity index (χ0) is 14.5. The molecule has 2 rings (SSSR count). The fraction of sp³-hybridized carbons (Fsp3) is 0.294. The van der Waals surface area contributed by atoms with E-state index in [2.05, 4.69) is 0 Å². The van der Waals surface area contributed by atoms with E-state index in [-0.39, 0.29) is 0 Å². The van der Waals surface area contributed by atoms with Gasteiger partial charge < -0.3 is 14.7 Å².